The largest absolute Gasteiger partial charge is 0.480 e. The number of carboxylic acids is 1. The van der Waals surface area contributed by atoms with Crippen LogP contribution in [0.2, 0.25) is 0 Å². The second kappa shape index (κ2) is 17.7. The zero-order valence-corrected chi connectivity index (χ0v) is 19.6. The van der Waals surface area contributed by atoms with Gasteiger partial charge in [-0.25, -0.2) is 4.79 Å². The molecule has 0 saturated heterocycles. The number of hydrogen-bond acceptors (Lipinski definition) is 3. The number of carbonyl (C=O) groups is 1. The Balaban J connectivity index is 1.88. The van der Waals surface area contributed by atoms with Crippen LogP contribution in [0.15, 0.2) is 12.3 Å². The van der Waals surface area contributed by atoms with E-state index in [9.17, 15) is 9.90 Å². The van der Waals surface area contributed by atoms with Gasteiger partial charge in [-0.15, -0.1) is 0 Å². The summed E-state index contributed by atoms with van der Waals surface area (Å²) in [5.74, 6) is 1.65. The molecule has 0 fully saturated rings. The fourth-order valence-corrected chi connectivity index (χ4v) is 4.58. The Labute approximate surface area is 183 Å². The first-order chi connectivity index (χ1) is 14.1. The van der Waals surface area contributed by atoms with Crippen LogP contribution in [0.5, 0.6) is 0 Å². The zero-order chi connectivity index (χ0) is 21.2. The molecule has 29 heavy (non-hydrogen) atoms. The molecule has 1 heterocycles. The number of nitrogens with one attached hydrogen (secondary N) is 2. The summed E-state index contributed by atoms with van der Waals surface area (Å²) in [7, 11) is 0. The van der Waals surface area contributed by atoms with Crippen LogP contribution in [0, 0.1) is 6.92 Å². The number of thioether (sulfide) groups is 1. The lowest BCUT2D eigenvalue weighted by atomic mass is 10.0. The predicted octanol–water partition coefficient (Wildman–Crippen LogP) is 7.40. The van der Waals surface area contributed by atoms with Crippen molar-refractivity contribution in [3.63, 3.8) is 0 Å². The molecule has 1 atom stereocenters. The molecule has 5 heteroatoms. The van der Waals surface area contributed by atoms with Gasteiger partial charge in [-0.05, 0) is 30.7 Å². The Morgan fingerprint density at radius 3 is 1.93 bits per heavy atom. The van der Waals surface area contributed by atoms with Gasteiger partial charge in [-0.2, -0.15) is 11.8 Å². The molecule has 1 rings (SSSR count). The highest BCUT2D eigenvalue weighted by Gasteiger charge is 2.17. The van der Waals surface area contributed by atoms with Crippen molar-refractivity contribution >= 4 is 23.5 Å². The number of unbranched alkanes of at least 4 members (excludes halogenated alkanes) is 13. The van der Waals surface area contributed by atoms with Crippen LogP contribution in [0.25, 0.3) is 0 Å². The zero-order valence-electron chi connectivity index (χ0n) is 18.8. The van der Waals surface area contributed by atoms with Crippen molar-refractivity contribution in [1.82, 2.24) is 4.98 Å². The molecule has 0 aliphatic heterocycles. The molecular weight excluding hydrogens is 380 g/mol. The van der Waals surface area contributed by atoms with E-state index in [0.717, 1.165) is 17.1 Å². The molecule has 3 N–H and O–H groups in total. The maximum Gasteiger partial charge on any atom is 0.327 e. The SMILES string of the molecule is CCCCCCCCCCCCCCCCSCC(Nc1cc(C)c[nH]1)C(=O)O. The van der Waals surface area contributed by atoms with Crippen LogP contribution in [-0.4, -0.2) is 33.6 Å². The lowest BCUT2D eigenvalue weighted by molar-refractivity contribution is -0.137. The van der Waals surface area contributed by atoms with Gasteiger partial charge in [0, 0.05) is 11.9 Å². The van der Waals surface area contributed by atoms with E-state index >= 15 is 0 Å². The first-order valence-electron chi connectivity index (χ1n) is 11.9. The van der Waals surface area contributed by atoms with Crippen molar-refractivity contribution in [1.29, 1.82) is 0 Å². The molecule has 0 amide bonds. The van der Waals surface area contributed by atoms with Crippen LogP contribution in [0.1, 0.15) is 102 Å². The standard InChI is InChI=1S/C24H44N2O2S/c1-3-4-5-6-7-8-9-10-11-12-13-14-15-16-17-29-20-22(24(27)28)26-23-18-21(2)19-25-23/h18-19,22,25-26H,3-17,20H2,1-2H3,(H,27,28). The van der Waals surface area contributed by atoms with Gasteiger partial charge in [0.25, 0.3) is 0 Å². The molecule has 0 bridgehead atoms. The van der Waals surface area contributed by atoms with Crippen molar-refractivity contribution in [3.05, 3.63) is 17.8 Å². The quantitative estimate of drug-likeness (QED) is 0.191. The second-order valence-corrected chi connectivity index (χ2v) is 9.45. The fourth-order valence-electron chi connectivity index (χ4n) is 3.55. The highest BCUT2D eigenvalue weighted by molar-refractivity contribution is 7.99. The number of carboxylic acid groups (broad SMARTS) is 1. The normalized spacial score (nSPS) is 12.2. The summed E-state index contributed by atoms with van der Waals surface area (Å²) in [4.78, 5) is 14.5. The average Bonchev–Trinajstić information content (AvgIpc) is 3.11. The predicted molar refractivity (Wildman–Crippen MR) is 128 cm³/mol. The highest BCUT2D eigenvalue weighted by atomic mass is 32.2. The van der Waals surface area contributed by atoms with Crippen molar-refractivity contribution < 1.29 is 9.90 Å². The summed E-state index contributed by atoms with van der Waals surface area (Å²) in [5.41, 5.74) is 1.10. The van der Waals surface area contributed by atoms with Crippen LogP contribution >= 0.6 is 11.8 Å². The molecule has 1 unspecified atom stereocenters. The lowest BCUT2D eigenvalue weighted by Crippen LogP contribution is -2.31. The van der Waals surface area contributed by atoms with E-state index in [1.165, 1.54) is 89.9 Å². The van der Waals surface area contributed by atoms with E-state index in [1.807, 2.05) is 19.2 Å². The van der Waals surface area contributed by atoms with Gasteiger partial charge in [-0.1, -0.05) is 90.4 Å². The monoisotopic (exact) mass is 424 g/mol. The van der Waals surface area contributed by atoms with Crippen molar-refractivity contribution in [3.8, 4) is 0 Å². The van der Waals surface area contributed by atoms with Gasteiger partial charge in [0.1, 0.15) is 11.9 Å². The van der Waals surface area contributed by atoms with Gasteiger partial charge in [0.2, 0.25) is 0 Å². The van der Waals surface area contributed by atoms with Crippen LogP contribution < -0.4 is 5.32 Å². The first-order valence-corrected chi connectivity index (χ1v) is 13.0. The van der Waals surface area contributed by atoms with Crippen molar-refractivity contribution in [2.75, 3.05) is 16.8 Å². The summed E-state index contributed by atoms with van der Waals surface area (Å²) in [5, 5.41) is 12.5. The molecule has 1 aromatic rings. The van der Waals surface area contributed by atoms with Gasteiger partial charge in [0.05, 0.1) is 0 Å². The second-order valence-electron chi connectivity index (χ2n) is 8.30. The molecule has 0 aliphatic carbocycles. The molecule has 0 aromatic carbocycles. The molecule has 0 aliphatic rings. The number of aryl methyl sites for hydroxylation is 1. The molecule has 168 valence electrons. The summed E-state index contributed by atoms with van der Waals surface area (Å²) in [6.07, 6.45) is 21.1. The van der Waals surface area contributed by atoms with E-state index in [0.29, 0.717) is 5.75 Å². The van der Waals surface area contributed by atoms with Gasteiger partial charge < -0.3 is 15.4 Å². The van der Waals surface area contributed by atoms with E-state index in [2.05, 4.69) is 17.2 Å². The molecule has 1 aromatic heterocycles. The Morgan fingerprint density at radius 2 is 1.48 bits per heavy atom. The molecular formula is C24H44N2O2S. The molecule has 4 nitrogen and oxygen atoms in total. The molecule has 0 radical (unpaired) electrons. The van der Waals surface area contributed by atoms with Crippen LogP contribution in [-0.2, 0) is 4.79 Å². The molecule has 0 saturated carbocycles. The number of H-pyrrole nitrogens is 1. The number of rotatable bonds is 20. The Kier molecular flexibility index (Phi) is 15.9. The minimum absolute atomic E-state index is 0.537. The third-order valence-corrected chi connectivity index (χ3v) is 6.53. The summed E-state index contributed by atoms with van der Waals surface area (Å²) >= 11 is 1.74. The van der Waals surface area contributed by atoms with E-state index in [4.69, 9.17) is 0 Å². The number of aliphatic carboxylic acids is 1. The number of hydrogen-bond donors (Lipinski definition) is 3. The summed E-state index contributed by atoms with van der Waals surface area (Å²) in [6, 6.07) is 1.40. The average molecular weight is 425 g/mol. The third kappa shape index (κ3) is 14.5. The number of aromatic amines is 1. The highest BCUT2D eigenvalue weighted by Crippen LogP contribution is 2.16. The summed E-state index contributed by atoms with van der Waals surface area (Å²) < 4.78 is 0. The lowest BCUT2D eigenvalue weighted by Gasteiger charge is -2.14. The Hall–Kier alpha value is -1.10. The van der Waals surface area contributed by atoms with Crippen LogP contribution in [0.3, 0.4) is 0 Å². The van der Waals surface area contributed by atoms with Gasteiger partial charge >= 0.3 is 5.97 Å². The minimum Gasteiger partial charge on any atom is -0.480 e. The Bertz CT molecular complexity index is 519. The Morgan fingerprint density at radius 1 is 0.966 bits per heavy atom. The van der Waals surface area contributed by atoms with Crippen LogP contribution in [0.4, 0.5) is 5.82 Å². The number of aromatic nitrogens is 1. The smallest absolute Gasteiger partial charge is 0.327 e. The maximum absolute atomic E-state index is 11.4. The third-order valence-electron chi connectivity index (χ3n) is 5.38. The van der Waals surface area contributed by atoms with E-state index in [-0.39, 0.29) is 0 Å². The van der Waals surface area contributed by atoms with Gasteiger partial charge in [-0.3, -0.25) is 0 Å². The van der Waals surface area contributed by atoms with Crippen molar-refractivity contribution in [2.24, 2.45) is 0 Å². The van der Waals surface area contributed by atoms with E-state index < -0.39 is 12.0 Å². The minimum atomic E-state index is -0.786. The van der Waals surface area contributed by atoms with Crippen molar-refractivity contribution in [2.45, 2.75) is 110 Å². The summed E-state index contributed by atoms with van der Waals surface area (Å²) in [6.45, 7) is 4.26. The number of anilines is 1. The first kappa shape index (κ1) is 25.9. The molecule has 0 spiro atoms. The topological polar surface area (TPSA) is 65.1 Å². The van der Waals surface area contributed by atoms with Gasteiger partial charge in [0.15, 0.2) is 0 Å². The maximum atomic E-state index is 11.4. The fraction of sp³-hybridized carbons (Fsp3) is 0.792. The van der Waals surface area contributed by atoms with E-state index in [1.54, 1.807) is 11.8 Å².